The van der Waals surface area contributed by atoms with Gasteiger partial charge in [-0.2, -0.15) is 5.10 Å². The van der Waals surface area contributed by atoms with Gasteiger partial charge in [0, 0.05) is 37.6 Å². The maximum absolute atomic E-state index is 5.93. The van der Waals surface area contributed by atoms with Gasteiger partial charge in [0.1, 0.15) is 12.1 Å². The van der Waals surface area contributed by atoms with Crippen LogP contribution >= 0.6 is 0 Å². The lowest BCUT2D eigenvalue weighted by Gasteiger charge is -2.36. The van der Waals surface area contributed by atoms with Gasteiger partial charge in [-0.15, -0.1) is 0 Å². The Hall–Kier alpha value is -3.61. The number of para-hydroxylation sites is 1. The number of aromatic nitrogens is 4. The normalized spacial score (nSPS) is 14.6. The lowest BCUT2D eigenvalue weighted by atomic mass is 10.2. The van der Waals surface area contributed by atoms with E-state index in [1.54, 1.807) is 6.33 Å². The summed E-state index contributed by atoms with van der Waals surface area (Å²) in [7, 11) is 0. The Kier molecular flexibility index (Phi) is 4.05. The predicted octanol–water partition coefficient (Wildman–Crippen LogP) is 2.72. The van der Waals surface area contributed by atoms with E-state index in [0.717, 1.165) is 54.4 Å². The molecule has 5 rings (SSSR count). The predicted molar refractivity (Wildman–Crippen MR) is 112 cm³/mol. The molecule has 0 spiro atoms. The van der Waals surface area contributed by atoms with Crippen LogP contribution in [0.3, 0.4) is 0 Å². The van der Waals surface area contributed by atoms with Crippen LogP contribution in [0.5, 0.6) is 0 Å². The van der Waals surface area contributed by atoms with Crippen LogP contribution in [0.15, 0.2) is 67.1 Å². The second-order valence-electron chi connectivity index (χ2n) is 6.90. The molecule has 0 amide bonds. The van der Waals surface area contributed by atoms with E-state index < -0.39 is 0 Å². The maximum Gasteiger partial charge on any atom is 0.168 e. The molecule has 28 heavy (non-hydrogen) atoms. The molecule has 3 heterocycles. The van der Waals surface area contributed by atoms with Crippen LogP contribution < -0.4 is 15.5 Å². The lowest BCUT2D eigenvalue weighted by Crippen LogP contribution is -2.46. The summed E-state index contributed by atoms with van der Waals surface area (Å²) in [5.41, 5.74) is 9.72. The molecule has 0 atom stereocenters. The fourth-order valence-corrected chi connectivity index (χ4v) is 3.74. The second-order valence-corrected chi connectivity index (χ2v) is 6.90. The third kappa shape index (κ3) is 2.90. The van der Waals surface area contributed by atoms with E-state index in [1.807, 2.05) is 59.4 Å². The van der Waals surface area contributed by atoms with Crippen molar-refractivity contribution in [3.8, 4) is 5.69 Å². The Balaban J connectivity index is 1.41. The van der Waals surface area contributed by atoms with Crippen LogP contribution in [-0.2, 0) is 0 Å². The van der Waals surface area contributed by atoms with Gasteiger partial charge in [-0.3, -0.25) is 0 Å². The first kappa shape index (κ1) is 16.6. The van der Waals surface area contributed by atoms with Crippen LogP contribution in [0.4, 0.5) is 17.2 Å². The summed E-state index contributed by atoms with van der Waals surface area (Å²) in [6, 6.07) is 18.1. The van der Waals surface area contributed by atoms with Gasteiger partial charge in [0.25, 0.3) is 0 Å². The van der Waals surface area contributed by atoms with Crippen molar-refractivity contribution in [2.45, 2.75) is 0 Å². The number of anilines is 3. The van der Waals surface area contributed by atoms with E-state index in [1.165, 1.54) is 5.69 Å². The summed E-state index contributed by atoms with van der Waals surface area (Å²) < 4.78 is 1.86. The summed E-state index contributed by atoms with van der Waals surface area (Å²) >= 11 is 0. The Labute approximate surface area is 163 Å². The van der Waals surface area contributed by atoms with Crippen molar-refractivity contribution in [1.29, 1.82) is 0 Å². The topological polar surface area (TPSA) is 76.1 Å². The molecule has 7 nitrogen and oxygen atoms in total. The fourth-order valence-electron chi connectivity index (χ4n) is 3.74. The highest BCUT2D eigenvalue weighted by Gasteiger charge is 2.21. The van der Waals surface area contributed by atoms with Crippen molar-refractivity contribution in [3.05, 3.63) is 67.1 Å². The van der Waals surface area contributed by atoms with Crippen molar-refractivity contribution >= 4 is 28.2 Å². The first-order chi connectivity index (χ1) is 13.8. The largest absolute Gasteiger partial charge is 0.399 e. The van der Waals surface area contributed by atoms with Crippen molar-refractivity contribution in [2.24, 2.45) is 0 Å². The fraction of sp³-hybridized carbons (Fsp3) is 0.190. The molecule has 140 valence electrons. The molecule has 2 aromatic heterocycles. The number of hydrogen-bond acceptors (Lipinski definition) is 6. The summed E-state index contributed by atoms with van der Waals surface area (Å²) in [5, 5.41) is 5.53. The highest BCUT2D eigenvalue weighted by Crippen LogP contribution is 2.27. The van der Waals surface area contributed by atoms with E-state index >= 15 is 0 Å². The molecule has 4 aromatic rings. The van der Waals surface area contributed by atoms with Gasteiger partial charge < -0.3 is 15.5 Å². The zero-order valence-electron chi connectivity index (χ0n) is 15.4. The standard InChI is InChI=1S/C21H21N7/c22-16-5-4-8-18(13-16)26-9-11-27(12-10-26)20-19-14-25-28(21(19)24-15-23-20)17-6-2-1-3-7-17/h1-8,13-15H,9-12,22H2. The Morgan fingerprint density at radius 3 is 2.32 bits per heavy atom. The van der Waals surface area contributed by atoms with Gasteiger partial charge in [0.15, 0.2) is 5.65 Å². The van der Waals surface area contributed by atoms with Gasteiger partial charge in [-0.05, 0) is 30.3 Å². The van der Waals surface area contributed by atoms with Gasteiger partial charge >= 0.3 is 0 Å². The summed E-state index contributed by atoms with van der Waals surface area (Å²) in [5.74, 6) is 0.944. The average Bonchev–Trinajstić information content (AvgIpc) is 3.19. The molecule has 0 saturated carbocycles. The average molecular weight is 371 g/mol. The molecule has 1 aliphatic rings. The van der Waals surface area contributed by atoms with Gasteiger partial charge in [0.05, 0.1) is 17.3 Å². The number of fused-ring (bicyclic) bond motifs is 1. The molecular formula is C21H21N7. The van der Waals surface area contributed by atoms with Crippen molar-refractivity contribution < 1.29 is 0 Å². The third-order valence-corrected chi connectivity index (χ3v) is 5.16. The van der Waals surface area contributed by atoms with Crippen molar-refractivity contribution in [2.75, 3.05) is 41.7 Å². The molecule has 1 saturated heterocycles. The quantitative estimate of drug-likeness (QED) is 0.558. The van der Waals surface area contributed by atoms with Crippen LogP contribution in [0.25, 0.3) is 16.7 Å². The van der Waals surface area contributed by atoms with Gasteiger partial charge in [-0.25, -0.2) is 14.6 Å². The minimum atomic E-state index is 0.797. The molecule has 1 aliphatic heterocycles. The maximum atomic E-state index is 5.93. The first-order valence-corrected chi connectivity index (χ1v) is 9.39. The third-order valence-electron chi connectivity index (χ3n) is 5.16. The highest BCUT2D eigenvalue weighted by atomic mass is 15.3. The molecule has 0 bridgehead atoms. The van der Waals surface area contributed by atoms with Gasteiger partial charge in [-0.1, -0.05) is 24.3 Å². The highest BCUT2D eigenvalue weighted by molar-refractivity contribution is 5.87. The molecule has 2 aromatic carbocycles. The minimum Gasteiger partial charge on any atom is -0.399 e. The zero-order chi connectivity index (χ0) is 18.9. The number of nitrogens with zero attached hydrogens (tertiary/aromatic N) is 6. The van der Waals surface area contributed by atoms with E-state index in [-0.39, 0.29) is 0 Å². The molecule has 7 heteroatoms. The Bertz CT molecular complexity index is 1100. The van der Waals surface area contributed by atoms with E-state index in [9.17, 15) is 0 Å². The van der Waals surface area contributed by atoms with E-state index in [4.69, 9.17) is 5.73 Å². The van der Waals surface area contributed by atoms with Gasteiger partial charge in [0.2, 0.25) is 0 Å². The lowest BCUT2D eigenvalue weighted by molar-refractivity contribution is 0.649. The second kappa shape index (κ2) is 6.84. The van der Waals surface area contributed by atoms with E-state index in [0.29, 0.717) is 0 Å². The van der Waals surface area contributed by atoms with Crippen LogP contribution in [-0.4, -0.2) is 45.9 Å². The minimum absolute atomic E-state index is 0.797. The van der Waals surface area contributed by atoms with Crippen LogP contribution in [0.1, 0.15) is 0 Å². The summed E-state index contributed by atoms with van der Waals surface area (Å²) in [4.78, 5) is 13.7. The smallest absolute Gasteiger partial charge is 0.168 e. The number of benzene rings is 2. The van der Waals surface area contributed by atoms with Crippen molar-refractivity contribution in [3.63, 3.8) is 0 Å². The summed E-state index contributed by atoms with van der Waals surface area (Å²) in [6.07, 6.45) is 3.49. The number of nitrogens with two attached hydrogens (primary N) is 1. The first-order valence-electron chi connectivity index (χ1n) is 9.39. The molecular weight excluding hydrogens is 350 g/mol. The van der Waals surface area contributed by atoms with Crippen molar-refractivity contribution in [1.82, 2.24) is 19.7 Å². The zero-order valence-corrected chi connectivity index (χ0v) is 15.4. The van der Waals surface area contributed by atoms with Crippen LogP contribution in [0, 0.1) is 0 Å². The van der Waals surface area contributed by atoms with E-state index in [2.05, 4.69) is 30.9 Å². The molecule has 1 fully saturated rings. The number of rotatable bonds is 3. The molecule has 0 aliphatic carbocycles. The SMILES string of the molecule is Nc1cccc(N2CCN(c3ncnc4c3cnn4-c3ccccc3)CC2)c1. The Morgan fingerprint density at radius 1 is 0.786 bits per heavy atom. The van der Waals surface area contributed by atoms with Crippen LogP contribution in [0.2, 0.25) is 0 Å². The summed E-state index contributed by atoms with van der Waals surface area (Å²) in [6.45, 7) is 3.61. The number of nitrogen functional groups attached to an aromatic ring is 1. The number of hydrogen-bond donors (Lipinski definition) is 1. The molecule has 2 N–H and O–H groups in total. The Morgan fingerprint density at radius 2 is 1.54 bits per heavy atom. The molecule has 0 unspecified atom stereocenters. The number of piperazine rings is 1. The molecule has 0 radical (unpaired) electrons. The monoisotopic (exact) mass is 371 g/mol.